The van der Waals surface area contributed by atoms with Crippen molar-refractivity contribution >= 4 is 22.5 Å². The van der Waals surface area contributed by atoms with Gasteiger partial charge in [0.25, 0.3) is 5.91 Å². The Labute approximate surface area is 194 Å². The number of carbonyl (C=O) groups excluding carboxylic acids is 1. The van der Waals surface area contributed by atoms with Crippen LogP contribution in [-0.4, -0.2) is 69.5 Å². The molecule has 0 spiro atoms. The van der Waals surface area contributed by atoms with E-state index in [-0.39, 0.29) is 12.6 Å². The van der Waals surface area contributed by atoms with Gasteiger partial charge in [-0.1, -0.05) is 54.6 Å². The molecule has 1 unspecified atom stereocenters. The molecule has 0 N–H and O–H groups in total. The molecule has 1 fully saturated rings. The highest BCUT2D eigenvalue weighted by Crippen LogP contribution is 2.26. The quantitative estimate of drug-likeness (QED) is 0.500. The molecular weight excluding hydrogens is 421 g/mol. The van der Waals surface area contributed by atoms with E-state index in [4.69, 9.17) is 4.74 Å². The number of amides is 1. The number of aromatic nitrogens is 1. The molecule has 0 aliphatic carbocycles. The minimum Gasteiger partial charge on any atom is -0.385 e. The van der Waals surface area contributed by atoms with Gasteiger partial charge in [0, 0.05) is 58.6 Å². The first-order valence-corrected chi connectivity index (χ1v) is 11.2. The first-order chi connectivity index (χ1) is 16.2. The molecule has 3 aromatic rings. The molecule has 176 valence electrons. The Bertz CT molecular complexity index is 985. The van der Waals surface area contributed by atoms with Crippen molar-refractivity contribution in [1.82, 2.24) is 9.88 Å². The van der Waals surface area contributed by atoms with Gasteiger partial charge in [0.05, 0.1) is 6.67 Å². The number of benzene rings is 2. The molecule has 0 radical (unpaired) electrons. The number of halogens is 1. The fourth-order valence-electron chi connectivity index (χ4n) is 3.87. The van der Waals surface area contributed by atoms with E-state index in [1.54, 1.807) is 14.2 Å². The van der Waals surface area contributed by atoms with Gasteiger partial charge in [0.2, 0.25) is 0 Å². The molecule has 6 nitrogen and oxygen atoms in total. The molecule has 0 bridgehead atoms. The Hall–Kier alpha value is -3.03. The number of piperazine rings is 1. The molecule has 33 heavy (non-hydrogen) atoms. The predicted octanol–water partition coefficient (Wildman–Crippen LogP) is 4.26. The van der Waals surface area contributed by atoms with Crippen molar-refractivity contribution in [1.29, 1.82) is 0 Å². The maximum atomic E-state index is 13.0. The second-order valence-corrected chi connectivity index (χ2v) is 7.73. The summed E-state index contributed by atoms with van der Waals surface area (Å²) in [6.07, 6.45) is 1.83. The van der Waals surface area contributed by atoms with Crippen molar-refractivity contribution in [2.24, 2.45) is 0 Å². The third-order valence-electron chi connectivity index (χ3n) is 5.59. The molecule has 1 amide bonds. The number of hydrogen-bond acceptors (Lipinski definition) is 5. The van der Waals surface area contributed by atoms with Crippen LogP contribution in [0.15, 0.2) is 66.9 Å². The van der Waals surface area contributed by atoms with Crippen LogP contribution < -0.4 is 4.90 Å². The molecule has 4 rings (SSSR count). The number of pyridine rings is 1. The molecule has 1 saturated heterocycles. The Morgan fingerprint density at radius 1 is 1.00 bits per heavy atom. The van der Waals surface area contributed by atoms with Crippen molar-refractivity contribution in [3.05, 3.63) is 72.4 Å². The highest BCUT2D eigenvalue weighted by atomic mass is 19.1. The molecule has 2 heterocycles. The van der Waals surface area contributed by atoms with Crippen LogP contribution in [0.1, 0.15) is 18.1 Å². The molecule has 1 atom stereocenters. The van der Waals surface area contributed by atoms with E-state index >= 15 is 0 Å². The van der Waals surface area contributed by atoms with E-state index in [1.165, 1.54) is 5.39 Å². The lowest BCUT2D eigenvalue weighted by Gasteiger charge is -2.37. The fourth-order valence-corrected chi connectivity index (χ4v) is 3.87. The van der Waals surface area contributed by atoms with Crippen molar-refractivity contribution in [3.63, 3.8) is 0 Å². The summed E-state index contributed by atoms with van der Waals surface area (Å²) in [6, 6.07) is 20.0. The van der Waals surface area contributed by atoms with E-state index in [9.17, 15) is 9.18 Å². The Morgan fingerprint density at radius 2 is 1.70 bits per heavy atom. The minimum absolute atomic E-state index is 0.0224. The summed E-state index contributed by atoms with van der Waals surface area (Å²) >= 11 is 0. The van der Waals surface area contributed by atoms with E-state index in [0.717, 1.165) is 29.9 Å². The van der Waals surface area contributed by atoms with Crippen LogP contribution in [0.5, 0.6) is 0 Å². The molecular formula is C26H32FN3O3. The number of anilines is 1. The van der Waals surface area contributed by atoms with Gasteiger partial charge in [-0.3, -0.25) is 9.18 Å². The van der Waals surface area contributed by atoms with Crippen LogP contribution in [-0.2, 0) is 14.3 Å². The van der Waals surface area contributed by atoms with Gasteiger partial charge >= 0.3 is 0 Å². The predicted molar refractivity (Wildman–Crippen MR) is 129 cm³/mol. The molecule has 7 heteroatoms. The van der Waals surface area contributed by atoms with E-state index < -0.39 is 6.10 Å². The van der Waals surface area contributed by atoms with E-state index in [0.29, 0.717) is 26.1 Å². The van der Waals surface area contributed by atoms with Crippen LogP contribution in [0.25, 0.3) is 10.8 Å². The second kappa shape index (κ2) is 12.9. The number of methoxy groups -OCH3 is 2. The van der Waals surface area contributed by atoms with E-state index in [2.05, 4.69) is 26.8 Å². The summed E-state index contributed by atoms with van der Waals surface area (Å²) in [7, 11) is 3.15. The number of alkyl halides is 1. The van der Waals surface area contributed by atoms with Crippen molar-refractivity contribution in [2.75, 3.05) is 58.6 Å². The van der Waals surface area contributed by atoms with Gasteiger partial charge in [0.15, 0.2) is 6.10 Å². The van der Waals surface area contributed by atoms with Crippen LogP contribution in [0.2, 0.25) is 0 Å². The summed E-state index contributed by atoms with van der Waals surface area (Å²) in [5, 5.41) is 2.34. The standard InChI is InChI=1S/C22H23N3O2.C4H9FO/c1-27-20(18-8-3-2-4-9-18)22(26)25-15-13-24(14-16-25)21-19-10-6-5-7-17(19)11-12-23-21;1-6-4-2-3-5/h2-12,20H,13-16H2,1H3;2-4H2,1H3. The average molecular weight is 454 g/mol. The second-order valence-electron chi connectivity index (χ2n) is 7.73. The maximum Gasteiger partial charge on any atom is 0.256 e. The van der Waals surface area contributed by atoms with Crippen LogP contribution in [0.3, 0.4) is 0 Å². The van der Waals surface area contributed by atoms with Gasteiger partial charge in [-0.05, 0) is 23.4 Å². The highest BCUT2D eigenvalue weighted by Gasteiger charge is 2.29. The summed E-state index contributed by atoms with van der Waals surface area (Å²) in [4.78, 5) is 21.7. The zero-order valence-corrected chi connectivity index (χ0v) is 19.3. The lowest BCUT2D eigenvalue weighted by Crippen LogP contribution is -2.50. The zero-order chi connectivity index (χ0) is 23.5. The summed E-state index contributed by atoms with van der Waals surface area (Å²) < 4.78 is 21.1. The lowest BCUT2D eigenvalue weighted by molar-refractivity contribution is -0.142. The molecule has 2 aromatic carbocycles. The summed E-state index contributed by atoms with van der Waals surface area (Å²) in [6.45, 7) is 3.12. The Kier molecular flexibility index (Phi) is 9.59. The molecule has 1 aliphatic heterocycles. The molecule has 0 saturated carbocycles. The minimum atomic E-state index is -0.548. The third-order valence-corrected chi connectivity index (χ3v) is 5.59. The number of rotatable bonds is 7. The van der Waals surface area contributed by atoms with Crippen LogP contribution in [0, 0.1) is 0 Å². The normalized spacial score (nSPS) is 14.5. The van der Waals surface area contributed by atoms with Gasteiger partial charge in [-0.15, -0.1) is 0 Å². The highest BCUT2D eigenvalue weighted by molar-refractivity contribution is 5.92. The Balaban J connectivity index is 0.000000454. The molecule has 1 aliphatic rings. The average Bonchev–Trinajstić information content (AvgIpc) is 2.88. The number of ether oxygens (including phenoxy) is 2. The zero-order valence-electron chi connectivity index (χ0n) is 19.3. The first kappa shape index (κ1) is 24.6. The Morgan fingerprint density at radius 3 is 2.33 bits per heavy atom. The molecule has 1 aromatic heterocycles. The topological polar surface area (TPSA) is 54.9 Å². The third kappa shape index (κ3) is 6.49. The smallest absolute Gasteiger partial charge is 0.256 e. The van der Waals surface area contributed by atoms with Gasteiger partial charge in [-0.2, -0.15) is 0 Å². The van der Waals surface area contributed by atoms with Crippen LogP contribution >= 0.6 is 0 Å². The van der Waals surface area contributed by atoms with Crippen molar-refractivity contribution in [2.45, 2.75) is 12.5 Å². The summed E-state index contributed by atoms with van der Waals surface area (Å²) in [5.74, 6) is 1.01. The summed E-state index contributed by atoms with van der Waals surface area (Å²) in [5.41, 5.74) is 0.892. The van der Waals surface area contributed by atoms with Gasteiger partial charge in [0.1, 0.15) is 5.82 Å². The number of nitrogens with zero attached hydrogens (tertiary/aromatic N) is 3. The van der Waals surface area contributed by atoms with Crippen molar-refractivity contribution < 1.29 is 18.7 Å². The number of hydrogen-bond donors (Lipinski definition) is 0. The SMILES string of the molecule is COC(C(=O)N1CCN(c2nccc3ccccc23)CC1)c1ccccc1.COCCCF. The van der Waals surface area contributed by atoms with Gasteiger partial charge in [-0.25, -0.2) is 4.98 Å². The number of fused-ring (bicyclic) bond motifs is 1. The number of carbonyl (C=O) groups is 1. The van der Waals surface area contributed by atoms with E-state index in [1.807, 2.05) is 59.6 Å². The maximum absolute atomic E-state index is 13.0. The monoisotopic (exact) mass is 453 g/mol. The van der Waals surface area contributed by atoms with Crippen molar-refractivity contribution in [3.8, 4) is 0 Å². The van der Waals surface area contributed by atoms with Crippen LogP contribution in [0.4, 0.5) is 10.2 Å². The first-order valence-electron chi connectivity index (χ1n) is 11.2. The van der Waals surface area contributed by atoms with Gasteiger partial charge < -0.3 is 19.3 Å². The largest absolute Gasteiger partial charge is 0.385 e. The lowest BCUT2D eigenvalue weighted by atomic mass is 10.1. The fraction of sp³-hybridized carbons (Fsp3) is 0.385.